The highest BCUT2D eigenvalue weighted by Gasteiger charge is 2.24. The molecule has 0 saturated heterocycles. The molecule has 2 heterocycles. The van der Waals surface area contributed by atoms with Crippen LogP contribution in [-0.4, -0.2) is 25.8 Å². The summed E-state index contributed by atoms with van der Waals surface area (Å²) in [5.41, 5.74) is 1.98. The van der Waals surface area contributed by atoms with Crippen molar-refractivity contribution in [3.8, 4) is 5.69 Å². The van der Waals surface area contributed by atoms with Crippen molar-refractivity contribution in [2.24, 2.45) is 0 Å². The molecule has 3 aromatic rings. The maximum atomic E-state index is 13.5. The molecular formula is C19H18FN3O2. The van der Waals surface area contributed by atoms with E-state index in [9.17, 15) is 14.3 Å². The molecule has 1 aliphatic carbocycles. The number of aromatic nitrogens is 3. The van der Waals surface area contributed by atoms with E-state index in [2.05, 4.69) is 4.98 Å². The van der Waals surface area contributed by atoms with Crippen molar-refractivity contribution in [3.05, 3.63) is 53.7 Å². The van der Waals surface area contributed by atoms with Gasteiger partial charge in [0.15, 0.2) is 0 Å². The Kier molecular flexibility index (Phi) is 3.95. The molecule has 1 aliphatic rings. The first-order chi connectivity index (χ1) is 12.1. The molecule has 4 rings (SSSR count). The fourth-order valence-corrected chi connectivity index (χ4v) is 3.71. The van der Waals surface area contributed by atoms with E-state index in [0.29, 0.717) is 11.6 Å². The van der Waals surface area contributed by atoms with Gasteiger partial charge in [-0.25, -0.2) is 13.9 Å². The van der Waals surface area contributed by atoms with Crippen LogP contribution in [0.4, 0.5) is 4.39 Å². The summed E-state index contributed by atoms with van der Waals surface area (Å²) in [4.78, 5) is 15.7. The standard InChI is InChI=1S/C19H18FN3O2/c20-13-6-7-16(15(10-13)19(24)25)23-17-11-21-9-8-14(17)18(22-23)12-4-2-1-3-5-12/h6-12H,1-5H2,(H,24,25). The van der Waals surface area contributed by atoms with E-state index in [0.717, 1.165) is 35.5 Å². The summed E-state index contributed by atoms with van der Waals surface area (Å²) in [7, 11) is 0. The van der Waals surface area contributed by atoms with Gasteiger partial charge >= 0.3 is 5.97 Å². The van der Waals surface area contributed by atoms with E-state index < -0.39 is 11.8 Å². The smallest absolute Gasteiger partial charge is 0.338 e. The van der Waals surface area contributed by atoms with Gasteiger partial charge in [0.25, 0.3) is 0 Å². The molecule has 0 radical (unpaired) electrons. The van der Waals surface area contributed by atoms with Crippen LogP contribution < -0.4 is 0 Å². The van der Waals surface area contributed by atoms with E-state index >= 15 is 0 Å². The minimum atomic E-state index is -1.18. The molecule has 0 aliphatic heterocycles. The molecule has 1 saturated carbocycles. The summed E-state index contributed by atoms with van der Waals surface area (Å²) in [6.45, 7) is 0. The second kappa shape index (κ2) is 6.27. The number of nitrogens with zero attached hydrogens (tertiary/aromatic N) is 3. The third kappa shape index (κ3) is 2.77. The van der Waals surface area contributed by atoms with Gasteiger partial charge in [-0.2, -0.15) is 5.10 Å². The summed E-state index contributed by atoms with van der Waals surface area (Å²) in [6, 6.07) is 5.67. The second-order valence-electron chi connectivity index (χ2n) is 6.49. The maximum Gasteiger partial charge on any atom is 0.338 e. The predicted octanol–water partition coefficient (Wildman–Crippen LogP) is 4.31. The van der Waals surface area contributed by atoms with Crippen LogP contribution in [-0.2, 0) is 0 Å². The van der Waals surface area contributed by atoms with Crippen LogP contribution in [0.2, 0.25) is 0 Å². The molecule has 2 aromatic heterocycles. The Bertz CT molecular complexity index is 945. The maximum absolute atomic E-state index is 13.5. The van der Waals surface area contributed by atoms with Crippen LogP contribution in [0.15, 0.2) is 36.7 Å². The van der Waals surface area contributed by atoms with Gasteiger partial charge in [-0.1, -0.05) is 19.3 Å². The van der Waals surface area contributed by atoms with Crippen LogP contribution in [0.3, 0.4) is 0 Å². The molecule has 0 atom stereocenters. The quantitative estimate of drug-likeness (QED) is 0.772. The van der Waals surface area contributed by atoms with Gasteiger partial charge < -0.3 is 5.11 Å². The fraction of sp³-hybridized carbons (Fsp3) is 0.316. The van der Waals surface area contributed by atoms with Crippen molar-refractivity contribution in [2.75, 3.05) is 0 Å². The van der Waals surface area contributed by atoms with Gasteiger partial charge in [-0.3, -0.25) is 4.98 Å². The number of hydrogen-bond donors (Lipinski definition) is 1. The average molecular weight is 339 g/mol. The van der Waals surface area contributed by atoms with Gasteiger partial charge in [0.1, 0.15) is 5.82 Å². The van der Waals surface area contributed by atoms with E-state index in [1.54, 1.807) is 17.1 Å². The summed E-state index contributed by atoms with van der Waals surface area (Å²) < 4.78 is 15.1. The highest BCUT2D eigenvalue weighted by molar-refractivity contribution is 5.93. The number of rotatable bonds is 3. The third-order valence-corrected chi connectivity index (χ3v) is 4.92. The van der Waals surface area contributed by atoms with E-state index in [4.69, 9.17) is 5.10 Å². The Hall–Kier alpha value is -2.76. The minimum absolute atomic E-state index is 0.108. The Morgan fingerprint density at radius 1 is 1.20 bits per heavy atom. The zero-order chi connectivity index (χ0) is 17.4. The summed E-state index contributed by atoms with van der Waals surface area (Å²) in [5.74, 6) is -1.39. The molecule has 25 heavy (non-hydrogen) atoms. The largest absolute Gasteiger partial charge is 0.478 e. The van der Waals surface area contributed by atoms with Crippen LogP contribution in [0.25, 0.3) is 16.6 Å². The minimum Gasteiger partial charge on any atom is -0.478 e. The lowest BCUT2D eigenvalue weighted by Gasteiger charge is -2.19. The lowest BCUT2D eigenvalue weighted by molar-refractivity contribution is 0.0696. The van der Waals surface area contributed by atoms with Gasteiger partial charge in [0.05, 0.1) is 28.7 Å². The Balaban J connectivity index is 1.93. The molecule has 0 unspecified atom stereocenters. The Labute approximate surface area is 144 Å². The van der Waals surface area contributed by atoms with Crippen molar-refractivity contribution < 1.29 is 14.3 Å². The fourth-order valence-electron chi connectivity index (χ4n) is 3.71. The molecule has 6 heteroatoms. The number of pyridine rings is 1. The molecular weight excluding hydrogens is 321 g/mol. The summed E-state index contributed by atoms with van der Waals surface area (Å²) in [5, 5.41) is 15.2. The van der Waals surface area contributed by atoms with Crippen LogP contribution >= 0.6 is 0 Å². The van der Waals surface area contributed by atoms with Crippen LogP contribution in [0.1, 0.15) is 54.1 Å². The van der Waals surface area contributed by atoms with Gasteiger partial charge in [-0.15, -0.1) is 0 Å². The van der Waals surface area contributed by atoms with E-state index in [1.165, 1.54) is 31.4 Å². The van der Waals surface area contributed by atoms with Gasteiger partial charge in [0, 0.05) is 17.5 Å². The molecule has 0 spiro atoms. The number of halogens is 1. The lowest BCUT2D eigenvalue weighted by Crippen LogP contribution is -2.09. The monoisotopic (exact) mass is 339 g/mol. The first-order valence-corrected chi connectivity index (χ1v) is 8.51. The molecule has 1 fully saturated rings. The van der Waals surface area contributed by atoms with Gasteiger partial charge in [0.2, 0.25) is 0 Å². The zero-order valence-corrected chi connectivity index (χ0v) is 13.7. The van der Waals surface area contributed by atoms with Crippen molar-refractivity contribution >= 4 is 16.9 Å². The molecule has 1 aromatic carbocycles. The summed E-state index contributed by atoms with van der Waals surface area (Å²) >= 11 is 0. The predicted molar refractivity (Wildman–Crippen MR) is 91.6 cm³/mol. The topological polar surface area (TPSA) is 68.0 Å². The van der Waals surface area contributed by atoms with E-state index in [-0.39, 0.29) is 5.56 Å². The highest BCUT2D eigenvalue weighted by atomic mass is 19.1. The van der Waals surface area contributed by atoms with Crippen molar-refractivity contribution in [2.45, 2.75) is 38.0 Å². The first-order valence-electron chi connectivity index (χ1n) is 8.51. The Morgan fingerprint density at radius 2 is 2.00 bits per heavy atom. The molecule has 128 valence electrons. The second-order valence-corrected chi connectivity index (χ2v) is 6.49. The normalized spacial score (nSPS) is 15.6. The number of benzene rings is 1. The number of hydrogen-bond acceptors (Lipinski definition) is 3. The first kappa shape index (κ1) is 15.7. The van der Waals surface area contributed by atoms with Gasteiger partial charge in [-0.05, 0) is 37.1 Å². The highest BCUT2D eigenvalue weighted by Crippen LogP contribution is 2.36. The van der Waals surface area contributed by atoms with Crippen molar-refractivity contribution in [1.82, 2.24) is 14.8 Å². The number of carboxylic acid groups (broad SMARTS) is 1. The lowest BCUT2D eigenvalue weighted by atomic mass is 9.86. The van der Waals surface area contributed by atoms with E-state index in [1.807, 2.05) is 6.07 Å². The van der Waals surface area contributed by atoms with Crippen LogP contribution in [0, 0.1) is 5.82 Å². The Morgan fingerprint density at radius 3 is 2.76 bits per heavy atom. The zero-order valence-electron chi connectivity index (χ0n) is 13.7. The third-order valence-electron chi connectivity index (χ3n) is 4.92. The number of carboxylic acids is 1. The molecule has 0 bridgehead atoms. The summed E-state index contributed by atoms with van der Waals surface area (Å²) in [6.07, 6.45) is 9.19. The van der Waals surface area contributed by atoms with Crippen molar-refractivity contribution in [1.29, 1.82) is 0 Å². The average Bonchev–Trinajstić information content (AvgIpc) is 3.02. The number of fused-ring (bicyclic) bond motifs is 1. The molecule has 1 N–H and O–H groups in total. The van der Waals surface area contributed by atoms with Crippen LogP contribution in [0.5, 0.6) is 0 Å². The SMILES string of the molecule is O=C(O)c1cc(F)ccc1-n1nc(C2CCCCC2)c2ccncc21. The molecule has 5 nitrogen and oxygen atoms in total. The number of carbonyl (C=O) groups is 1. The molecule has 0 amide bonds. The van der Waals surface area contributed by atoms with Crippen molar-refractivity contribution in [3.63, 3.8) is 0 Å². The number of aromatic carboxylic acids is 1.